The quantitative estimate of drug-likeness (QED) is 0.672. The van der Waals surface area contributed by atoms with Gasteiger partial charge < -0.3 is 24.2 Å². The molecule has 1 unspecified atom stereocenters. The van der Waals surface area contributed by atoms with E-state index < -0.39 is 0 Å². The number of likely N-dealkylation sites (tertiary alicyclic amines) is 3. The Bertz CT molecular complexity index is 859. The van der Waals surface area contributed by atoms with E-state index in [-0.39, 0.29) is 23.6 Å². The first-order chi connectivity index (χ1) is 15.5. The largest absolute Gasteiger partial charge is 0.493 e. The third-order valence-corrected chi connectivity index (χ3v) is 7.00. The SMILES string of the molecule is COc1cccc(C(=O)N2CCC(CN3CC(C(=O)N4CCCC4)CC3=O)CC2)c1OC. The zero-order chi connectivity index (χ0) is 22.7. The maximum absolute atomic E-state index is 13.1. The Morgan fingerprint density at radius 2 is 1.72 bits per heavy atom. The molecule has 32 heavy (non-hydrogen) atoms. The summed E-state index contributed by atoms with van der Waals surface area (Å²) in [6.45, 7) is 4.15. The van der Waals surface area contributed by atoms with Gasteiger partial charge in [0.2, 0.25) is 11.8 Å². The van der Waals surface area contributed by atoms with Crippen molar-refractivity contribution in [1.82, 2.24) is 14.7 Å². The molecule has 1 atom stereocenters. The lowest BCUT2D eigenvalue weighted by Gasteiger charge is -2.34. The molecule has 8 nitrogen and oxygen atoms in total. The van der Waals surface area contributed by atoms with Crippen molar-refractivity contribution >= 4 is 17.7 Å². The van der Waals surface area contributed by atoms with Gasteiger partial charge in [-0.3, -0.25) is 14.4 Å². The zero-order valence-corrected chi connectivity index (χ0v) is 19.0. The molecule has 0 bridgehead atoms. The van der Waals surface area contributed by atoms with Gasteiger partial charge in [-0.1, -0.05) is 6.07 Å². The minimum absolute atomic E-state index is 0.0623. The van der Waals surface area contributed by atoms with Gasteiger partial charge in [0.05, 0.1) is 25.7 Å². The molecule has 0 N–H and O–H groups in total. The molecule has 3 saturated heterocycles. The van der Waals surface area contributed by atoms with Crippen LogP contribution in [-0.2, 0) is 9.59 Å². The van der Waals surface area contributed by atoms with Gasteiger partial charge in [-0.05, 0) is 43.7 Å². The number of carbonyl (C=O) groups excluding carboxylic acids is 3. The van der Waals surface area contributed by atoms with E-state index in [0.717, 1.165) is 38.8 Å². The Labute approximate surface area is 189 Å². The highest BCUT2D eigenvalue weighted by Gasteiger charge is 2.38. The second kappa shape index (κ2) is 9.79. The van der Waals surface area contributed by atoms with E-state index >= 15 is 0 Å². The van der Waals surface area contributed by atoms with Crippen LogP contribution in [0.4, 0.5) is 0 Å². The summed E-state index contributed by atoms with van der Waals surface area (Å²) in [6, 6.07) is 5.33. The van der Waals surface area contributed by atoms with Crippen molar-refractivity contribution in [3.8, 4) is 11.5 Å². The lowest BCUT2D eigenvalue weighted by molar-refractivity contribution is -0.134. The molecule has 4 rings (SSSR count). The first-order valence-corrected chi connectivity index (χ1v) is 11.6. The number of carbonyl (C=O) groups is 3. The number of ether oxygens (including phenoxy) is 2. The predicted molar refractivity (Wildman–Crippen MR) is 119 cm³/mol. The Morgan fingerprint density at radius 3 is 2.38 bits per heavy atom. The van der Waals surface area contributed by atoms with E-state index in [0.29, 0.717) is 55.6 Å². The maximum atomic E-state index is 13.1. The van der Waals surface area contributed by atoms with Gasteiger partial charge in [0.25, 0.3) is 5.91 Å². The summed E-state index contributed by atoms with van der Waals surface area (Å²) in [6.07, 6.45) is 4.14. The summed E-state index contributed by atoms with van der Waals surface area (Å²) in [5.41, 5.74) is 0.503. The molecular weight excluding hydrogens is 410 g/mol. The van der Waals surface area contributed by atoms with E-state index in [1.807, 2.05) is 14.7 Å². The van der Waals surface area contributed by atoms with Crippen LogP contribution in [0.1, 0.15) is 42.5 Å². The fraction of sp³-hybridized carbons (Fsp3) is 0.625. The van der Waals surface area contributed by atoms with Crippen LogP contribution >= 0.6 is 0 Å². The average molecular weight is 444 g/mol. The summed E-state index contributed by atoms with van der Waals surface area (Å²) >= 11 is 0. The van der Waals surface area contributed by atoms with E-state index in [9.17, 15) is 14.4 Å². The van der Waals surface area contributed by atoms with E-state index in [4.69, 9.17) is 9.47 Å². The van der Waals surface area contributed by atoms with Crippen molar-refractivity contribution in [3.05, 3.63) is 23.8 Å². The third kappa shape index (κ3) is 4.54. The standard InChI is InChI=1S/C24H33N3O5/c1-31-20-7-5-6-19(22(20)32-2)24(30)26-12-8-17(9-13-26)15-27-16-18(14-21(27)28)23(29)25-10-3-4-11-25/h5-7,17-18H,3-4,8-16H2,1-2H3. The van der Waals surface area contributed by atoms with E-state index in [1.54, 1.807) is 25.3 Å². The number of amides is 3. The van der Waals surface area contributed by atoms with Gasteiger partial charge in [-0.2, -0.15) is 0 Å². The summed E-state index contributed by atoms with van der Waals surface area (Å²) in [5, 5.41) is 0. The number of hydrogen-bond donors (Lipinski definition) is 0. The second-order valence-corrected chi connectivity index (χ2v) is 9.01. The number of hydrogen-bond acceptors (Lipinski definition) is 5. The fourth-order valence-electron chi connectivity index (χ4n) is 5.17. The lowest BCUT2D eigenvalue weighted by Crippen LogP contribution is -2.42. The number of nitrogens with zero attached hydrogens (tertiary/aromatic N) is 3. The molecule has 174 valence electrons. The number of rotatable bonds is 6. The maximum Gasteiger partial charge on any atom is 0.257 e. The molecule has 1 aromatic rings. The van der Waals surface area contributed by atoms with Crippen LogP contribution in [0, 0.1) is 11.8 Å². The number of methoxy groups -OCH3 is 2. The molecule has 1 aromatic carbocycles. The summed E-state index contributed by atoms with van der Waals surface area (Å²) in [7, 11) is 3.09. The van der Waals surface area contributed by atoms with Gasteiger partial charge in [0.1, 0.15) is 0 Å². The Hall–Kier alpha value is -2.77. The van der Waals surface area contributed by atoms with Crippen molar-refractivity contribution in [2.24, 2.45) is 11.8 Å². The monoisotopic (exact) mass is 443 g/mol. The summed E-state index contributed by atoms with van der Waals surface area (Å²) in [4.78, 5) is 43.9. The highest BCUT2D eigenvalue weighted by molar-refractivity contribution is 5.98. The predicted octanol–water partition coefficient (Wildman–Crippen LogP) is 2.03. The van der Waals surface area contributed by atoms with Crippen LogP contribution in [0.2, 0.25) is 0 Å². The summed E-state index contributed by atoms with van der Waals surface area (Å²) in [5.74, 6) is 1.32. The van der Waals surface area contributed by atoms with Gasteiger partial charge in [0.15, 0.2) is 11.5 Å². The van der Waals surface area contributed by atoms with E-state index in [2.05, 4.69) is 0 Å². The second-order valence-electron chi connectivity index (χ2n) is 9.01. The third-order valence-electron chi connectivity index (χ3n) is 7.00. The molecule has 0 aromatic heterocycles. The van der Waals surface area contributed by atoms with E-state index in [1.165, 1.54) is 7.11 Å². The van der Waals surface area contributed by atoms with Crippen molar-refractivity contribution in [2.45, 2.75) is 32.1 Å². The lowest BCUT2D eigenvalue weighted by atomic mass is 9.95. The fourth-order valence-corrected chi connectivity index (χ4v) is 5.17. The minimum atomic E-state index is -0.192. The van der Waals surface area contributed by atoms with Crippen LogP contribution in [0.3, 0.4) is 0 Å². The topological polar surface area (TPSA) is 79.4 Å². The number of piperidine rings is 1. The van der Waals surface area contributed by atoms with Gasteiger partial charge in [0, 0.05) is 45.7 Å². The molecule has 0 saturated carbocycles. The van der Waals surface area contributed by atoms with Crippen LogP contribution in [0.5, 0.6) is 11.5 Å². The molecule has 3 aliphatic rings. The first-order valence-electron chi connectivity index (χ1n) is 11.6. The minimum Gasteiger partial charge on any atom is -0.493 e. The first kappa shape index (κ1) is 22.4. The van der Waals surface area contributed by atoms with Gasteiger partial charge in [-0.25, -0.2) is 0 Å². The zero-order valence-electron chi connectivity index (χ0n) is 19.0. The van der Waals surface area contributed by atoms with Crippen molar-refractivity contribution in [1.29, 1.82) is 0 Å². The summed E-state index contributed by atoms with van der Waals surface area (Å²) < 4.78 is 10.7. The van der Waals surface area contributed by atoms with Gasteiger partial charge in [-0.15, -0.1) is 0 Å². The molecule has 3 heterocycles. The van der Waals surface area contributed by atoms with Crippen LogP contribution < -0.4 is 9.47 Å². The highest BCUT2D eigenvalue weighted by Crippen LogP contribution is 2.33. The Balaban J connectivity index is 1.30. The normalized spacial score (nSPS) is 21.9. The number of benzene rings is 1. The number of para-hydroxylation sites is 1. The molecule has 0 aliphatic carbocycles. The van der Waals surface area contributed by atoms with Crippen molar-refractivity contribution in [2.75, 3.05) is 53.5 Å². The highest BCUT2D eigenvalue weighted by atomic mass is 16.5. The van der Waals surface area contributed by atoms with Crippen LogP contribution in [0.15, 0.2) is 18.2 Å². The molecule has 3 aliphatic heterocycles. The van der Waals surface area contributed by atoms with Crippen molar-refractivity contribution in [3.63, 3.8) is 0 Å². The molecular formula is C24H33N3O5. The molecule has 3 fully saturated rings. The smallest absolute Gasteiger partial charge is 0.257 e. The van der Waals surface area contributed by atoms with Crippen LogP contribution in [-0.4, -0.2) is 85.9 Å². The molecule has 0 spiro atoms. The molecule has 0 radical (unpaired) electrons. The average Bonchev–Trinajstić information content (AvgIpc) is 3.48. The Morgan fingerprint density at radius 1 is 1.00 bits per heavy atom. The van der Waals surface area contributed by atoms with Crippen LogP contribution in [0.25, 0.3) is 0 Å². The van der Waals surface area contributed by atoms with Crippen molar-refractivity contribution < 1.29 is 23.9 Å². The Kier molecular flexibility index (Phi) is 6.86. The molecule has 8 heteroatoms. The molecule has 3 amide bonds. The van der Waals surface area contributed by atoms with Gasteiger partial charge >= 0.3 is 0 Å².